The van der Waals surface area contributed by atoms with Crippen LogP contribution in [0.25, 0.3) is 11.1 Å². The molecule has 0 spiro atoms. The third-order valence-corrected chi connectivity index (χ3v) is 5.16. The lowest BCUT2D eigenvalue weighted by Gasteiger charge is -2.14. The van der Waals surface area contributed by atoms with E-state index in [4.69, 9.17) is 12.2 Å². The number of hydrogen-bond acceptors (Lipinski definition) is 3. The Kier molecular flexibility index (Phi) is 6.04. The van der Waals surface area contributed by atoms with Crippen LogP contribution in [0.2, 0.25) is 0 Å². The normalized spacial score (nSPS) is 11.5. The molecule has 0 aliphatic carbocycles. The molecule has 0 saturated carbocycles. The smallest absolute Gasteiger partial charge is 0.271 e. The number of aromatic nitrogens is 1. The molecule has 0 radical (unpaired) electrons. The molecule has 0 aliphatic heterocycles. The average molecular weight is 380 g/mol. The second-order valence-corrected chi connectivity index (χ2v) is 7.07. The summed E-state index contributed by atoms with van der Waals surface area (Å²) in [6.07, 6.45) is 5.57. The van der Waals surface area contributed by atoms with Crippen LogP contribution in [0, 0.1) is 0 Å². The van der Waals surface area contributed by atoms with Crippen LogP contribution >= 0.6 is 23.6 Å². The predicted molar refractivity (Wildman–Crippen MR) is 111 cm³/mol. The second kappa shape index (κ2) is 8.65. The maximum absolute atomic E-state index is 13.1. The quantitative estimate of drug-likeness (QED) is 0.289. The van der Waals surface area contributed by atoms with Crippen LogP contribution in [0.5, 0.6) is 0 Å². The zero-order valence-electron chi connectivity index (χ0n) is 14.2. The number of benzene rings is 1. The minimum Gasteiger partial charge on any atom is -0.370 e. The number of carbonyl (C=O) groups excluding carboxylic acids is 1. The number of rotatable bonds is 7. The Bertz CT molecular complexity index is 905. The van der Waals surface area contributed by atoms with Gasteiger partial charge in [-0.1, -0.05) is 54.7 Å². The summed E-state index contributed by atoms with van der Waals surface area (Å²) in [4.78, 5) is 14.3. The maximum Gasteiger partial charge on any atom is 0.271 e. The Morgan fingerprint density at radius 2 is 1.92 bits per heavy atom. The van der Waals surface area contributed by atoms with E-state index in [-0.39, 0.29) is 5.78 Å². The van der Waals surface area contributed by atoms with Gasteiger partial charge in [0.2, 0.25) is 5.78 Å². The van der Waals surface area contributed by atoms with Crippen molar-refractivity contribution in [2.24, 2.45) is 0 Å². The predicted octanol–water partition coefficient (Wildman–Crippen LogP) is 4.23. The summed E-state index contributed by atoms with van der Waals surface area (Å²) >= 11 is 6.96. The highest BCUT2D eigenvalue weighted by molar-refractivity contribution is 7.80. The van der Waals surface area contributed by atoms with Crippen molar-refractivity contribution in [1.29, 1.82) is 0 Å². The lowest BCUT2D eigenvalue weighted by Crippen LogP contribution is -2.51. The van der Waals surface area contributed by atoms with E-state index in [0.29, 0.717) is 16.4 Å². The molecule has 1 unspecified atom stereocenters. The fourth-order valence-corrected chi connectivity index (χ4v) is 3.67. The Morgan fingerprint density at radius 1 is 1.15 bits per heavy atom. The molecule has 1 N–H and O–H groups in total. The number of ketones is 1. The molecule has 0 fully saturated rings. The largest absolute Gasteiger partial charge is 0.370 e. The van der Waals surface area contributed by atoms with E-state index in [2.05, 4.69) is 11.9 Å². The van der Waals surface area contributed by atoms with E-state index in [1.54, 1.807) is 6.08 Å². The van der Waals surface area contributed by atoms with Gasteiger partial charge in [0.1, 0.15) is 0 Å². The van der Waals surface area contributed by atoms with Crippen LogP contribution < -0.4 is 9.88 Å². The number of nitrogens with zero attached hydrogens (tertiary/aromatic N) is 1. The minimum atomic E-state index is -0.590. The van der Waals surface area contributed by atoms with E-state index in [1.165, 1.54) is 11.3 Å². The maximum atomic E-state index is 13.1. The topological polar surface area (TPSA) is 33.0 Å². The van der Waals surface area contributed by atoms with Crippen LogP contribution in [-0.2, 0) is 0 Å². The number of hydrogen-bond donors (Lipinski definition) is 1. The first-order chi connectivity index (χ1) is 12.7. The van der Waals surface area contributed by atoms with Crippen LogP contribution in [0.4, 0.5) is 0 Å². The molecule has 3 nitrogen and oxygen atoms in total. The van der Waals surface area contributed by atoms with Gasteiger partial charge in [-0.25, -0.2) is 0 Å². The van der Waals surface area contributed by atoms with Crippen LogP contribution in [-0.4, -0.2) is 17.3 Å². The van der Waals surface area contributed by atoms with E-state index in [1.807, 2.05) is 76.9 Å². The molecule has 0 bridgehead atoms. The van der Waals surface area contributed by atoms with E-state index >= 15 is 0 Å². The molecule has 1 aromatic carbocycles. The van der Waals surface area contributed by atoms with E-state index in [9.17, 15) is 4.79 Å². The van der Waals surface area contributed by atoms with Gasteiger partial charge >= 0.3 is 0 Å². The minimum absolute atomic E-state index is 0.0169. The number of nitrogens with one attached hydrogen (secondary N) is 1. The third kappa shape index (κ3) is 4.12. The number of thiophene rings is 1. The summed E-state index contributed by atoms with van der Waals surface area (Å²) in [5, 5.41) is 5.01. The Hall–Kier alpha value is -2.63. The molecule has 1 atom stereocenters. The lowest BCUT2D eigenvalue weighted by molar-refractivity contribution is -0.691. The fraction of sp³-hybridized carbons (Fsp3) is 0.0952. The van der Waals surface area contributed by atoms with Gasteiger partial charge in [-0.05, 0) is 23.1 Å². The Balaban J connectivity index is 2.00. The SMILES string of the molecule is C=CCNC(=S)C(C(=O)c1cccs1)[n+]1cccc(-c2ccccc2)c1. The van der Waals surface area contributed by atoms with Crippen molar-refractivity contribution < 1.29 is 9.36 Å². The van der Waals surface area contributed by atoms with Crippen LogP contribution in [0.15, 0.2) is 85.0 Å². The number of thiocarbonyl (C=S) groups is 1. The molecule has 0 aliphatic rings. The molecule has 26 heavy (non-hydrogen) atoms. The zero-order chi connectivity index (χ0) is 18.4. The first-order valence-electron chi connectivity index (χ1n) is 8.23. The molecular weight excluding hydrogens is 360 g/mol. The van der Waals surface area contributed by atoms with Crippen molar-refractivity contribution in [1.82, 2.24) is 5.32 Å². The highest BCUT2D eigenvalue weighted by Gasteiger charge is 2.33. The number of pyridine rings is 1. The molecule has 130 valence electrons. The van der Waals surface area contributed by atoms with Crippen molar-refractivity contribution in [2.75, 3.05) is 6.54 Å². The first-order valence-corrected chi connectivity index (χ1v) is 9.52. The van der Waals surface area contributed by atoms with Gasteiger partial charge in [0.15, 0.2) is 17.4 Å². The third-order valence-electron chi connectivity index (χ3n) is 3.91. The molecule has 3 aromatic rings. The highest BCUT2D eigenvalue weighted by atomic mass is 32.1. The van der Waals surface area contributed by atoms with E-state index in [0.717, 1.165) is 11.1 Å². The first kappa shape index (κ1) is 18.2. The summed E-state index contributed by atoms with van der Waals surface area (Å²) in [5.41, 5.74) is 2.12. The van der Waals surface area contributed by atoms with E-state index < -0.39 is 6.04 Å². The number of carbonyl (C=O) groups is 1. The zero-order valence-corrected chi connectivity index (χ0v) is 15.8. The molecule has 5 heteroatoms. The van der Waals surface area contributed by atoms with Gasteiger partial charge in [0.05, 0.1) is 4.88 Å². The molecule has 0 saturated heterocycles. The molecule has 2 aromatic heterocycles. The Morgan fingerprint density at radius 3 is 2.62 bits per heavy atom. The monoisotopic (exact) mass is 379 g/mol. The summed E-state index contributed by atoms with van der Waals surface area (Å²) < 4.78 is 1.88. The molecular formula is C21H19N2OS2+. The Labute approximate surface area is 162 Å². The fourth-order valence-electron chi connectivity index (χ4n) is 2.67. The van der Waals surface area contributed by atoms with Crippen molar-refractivity contribution >= 4 is 34.3 Å². The van der Waals surface area contributed by atoms with Crippen LogP contribution in [0.1, 0.15) is 15.7 Å². The van der Waals surface area contributed by atoms with Gasteiger partial charge < -0.3 is 5.32 Å². The summed E-state index contributed by atoms with van der Waals surface area (Å²) in [6.45, 7) is 4.22. The van der Waals surface area contributed by atoms with Gasteiger partial charge in [0, 0.05) is 18.2 Å². The second-order valence-electron chi connectivity index (χ2n) is 5.68. The molecule has 0 amide bonds. The molecule has 3 rings (SSSR count). The standard InChI is InChI=1S/C21H18N2OS2/c1-2-12-22-21(25)19(20(24)18-11-7-14-26-18)23-13-6-10-17(15-23)16-8-4-3-5-9-16/h2-11,13-15,19H,1,12H2/p+1. The van der Waals surface area contributed by atoms with Crippen molar-refractivity contribution in [3.05, 3.63) is 89.9 Å². The van der Waals surface area contributed by atoms with Crippen molar-refractivity contribution in [2.45, 2.75) is 6.04 Å². The summed E-state index contributed by atoms with van der Waals surface area (Å²) in [6, 6.07) is 17.1. The van der Waals surface area contributed by atoms with Crippen LogP contribution in [0.3, 0.4) is 0 Å². The molecule has 2 heterocycles. The van der Waals surface area contributed by atoms with Gasteiger partial charge in [-0.3, -0.25) is 4.79 Å². The van der Waals surface area contributed by atoms with Gasteiger partial charge in [-0.15, -0.1) is 17.9 Å². The average Bonchev–Trinajstić information content (AvgIpc) is 3.22. The van der Waals surface area contributed by atoms with Crippen molar-refractivity contribution in [3.8, 4) is 11.1 Å². The van der Waals surface area contributed by atoms with Gasteiger partial charge in [0.25, 0.3) is 6.04 Å². The highest BCUT2D eigenvalue weighted by Crippen LogP contribution is 2.19. The lowest BCUT2D eigenvalue weighted by atomic mass is 10.1. The summed E-state index contributed by atoms with van der Waals surface area (Å²) in [7, 11) is 0. The van der Waals surface area contributed by atoms with Gasteiger partial charge in [-0.2, -0.15) is 4.57 Å². The van der Waals surface area contributed by atoms with Crippen molar-refractivity contribution in [3.63, 3.8) is 0 Å². The number of Topliss-reactive ketones (excluding diaryl/α,β-unsaturated/α-hetero) is 1. The summed E-state index contributed by atoms with van der Waals surface area (Å²) in [5.74, 6) is -0.0169.